The van der Waals surface area contributed by atoms with Crippen molar-refractivity contribution >= 4 is 35.0 Å². The van der Waals surface area contributed by atoms with Gasteiger partial charge in [0.05, 0.1) is 5.75 Å². The van der Waals surface area contributed by atoms with Crippen LogP contribution in [0, 0.1) is 6.92 Å². The fraction of sp³-hybridized carbons (Fsp3) is 0.158. The maximum absolute atomic E-state index is 12.4. The molecule has 1 aromatic heterocycles. The third-order valence-electron chi connectivity index (χ3n) is 3.72. The zero-order valence-electron chi connectivity index (χ0n) is 15.0. The molecule has 0 atom stereocenters. The quantitative estimate of drug-likeness (QED) is 0.641. The molecular weight excluding hydrogens is 362 g/mol. The lowest BCUT2D eigenvalue weighted by Crippen LogP contribution is -2.16. The summed E-state index contributed by atoms with van der Waals surface area (Å²) in [6.45, 7) is 1.99. The number of hydrogen-bond donors (Lipinski definition) is 2. The molecule has 27 heavy (non-hydrogen) atoms. The Morgan fingerprint density at radius 3 is 2.56 bits per heavy atom. The summed E-state index contributed by atoms with van der Waals surface area (Å²) in [7, 11) is 1.82. The summed E-state index contributed by atoms with van der Waals surface area (Å²) in [6, 6.07) is 14.4. The Bertz CT molecular complexity index is 953. The Labute approximate surface area is 161 Å². The molecule has 0 saturated heterocycles. The molecule has 0 saturated carbocycles. The highest BCUT2D eigenvalue weighted by Gasteiger charge is 2.10. The summed E-state index contributed by atoms with van der Waals surface area (Å²) in [5.41, 5.74) is 2.88. The summed E-state index contributed by atoms with van der Waals surface area (Å²) in [5, 5.41) is 14.0. The Hall–Kier alpha value is -3.13. The lowest BCUT2D eigenvalue weighted by atomic mass is 10.1. The van der Waals surface area contributed by atoms with Crippen LogP contribution < -0.4 is 10.6 Å². The molecule has 3 rings (SSSR count). The maximum atomic E-state index is 12.4. The number of thioether (sulfide) groups is 1. The number of benzene rings is 2. The van der Waals surface area contributed by atoms with Crippen LogP contribution in [0.5, 0.6) is 0 Å². The molecular formula is C19H19N5O2S. The van der Waals surface area contributed by atoms with E-state index < -0.39 is 0 Å². The molecule has 0 aliphatic carbocycles. The van der Waals surface area contributed by atoms with Gasteiger partial charge in [-0.25, -0.2) is 0 Å². The predicted octanol–water partition coefficient (Wildman–Crippen LogP) is 3.11. The van der Waals surface area contributed by atoms with Gasteiger partial charge in [-0.1, -0.05) is 35.5 Å². The van der Waals surface area contributed by atoms with Crippen LogP contribution in [0.3, 0.4) is 0 Å². The summed E-state index contributed by atoms with van der Waals surface area (Å²) in [5.74, 6) is -0.214. The number of aromatic nitrogens is 3. The predicted molar refractivity (Wildman–Crippen MR) is 106 cm³/mol. The SMILES string of the molecule is Cc1ccc(NC(=O)c2cccc(NC(=O)CSc3nncn3C)c2)cc1. The topological polar surface area (TPSA) is 88.9 Å². The van der Waals surface area contributed by atoms with Gasteiger partial charge in [0.15, 0.2) is 5.16 Å². The van der Waals surface area contributed by atoms with Crippen LogP contribution in [-0.2, 0) is 11.8 Å². The van der Waals surface area contributed by atoms with Gasteiger partial charge in [-0.3, -0.25) is 9.59 Å². The second-order valence-electron chi connectivity index (χ2n) is 5.96. The molecule has 0 aliphatic heterocycles. The average Bonchev–Trinajstić information content (AvgIpc) is 3.07. The van der Waals surface area contributed by atoms with Crippen molar-refractivity contribution in [2.75, 3.05) is 16.4 Å². The molecule has 2 amide bonds. The number of hydrogen-bond acceptors (Lipinski definition) is 5. The van der Waals surface area contributed by atoms with Crippen molar-refractivity contribution in [3.63, 3.8) is 0 Å². The number of nitrogens with zero attached hydrogens (tertiary/aromatic N) is 3. The molecule has 2 aromatic carbocycles. The third kappa shape index (κ3) is 5.18. The number of nitrogens with one attached hydrogen (secondary N) is 2. The van der Waals surface area contributed by atoms with Gasteiger partial charge >= 0.3 is 0 Å². The normalized spacial score (nSPS) is 10.4. The summed E-state index contributed by atoms with van der Waals surface area (Å²) in [4.78, 5) is 24.5. The summed E-state index contributed by atoms with van der Waals surface area (Å²) < 4.78 is 1.74. The van der Waals surface area contributed by atoms with E-state index in [-0.39, 0.29) is 17.6 Å². The lowest BCUT2D eigenvalue weighted by molar-refractivity contribution is -0.113. The molecule has 2 N–H and O–H groups in total. The van der Waals surface area contributed by atoms with E-state index in [2.05, 4.69) is 20.8 Å². The number of amides is 2. The van der Waals surface area contributed by atoms with Gasteiger partial charge in [0, 0.05) is 24.0 Å². The van der Waals surface area contributed by atoms with Crippen molar-refractivity contribution in [2.24, 2.45) is 7.05 Å². The summed E-state index contributed by atoms with van der Waals surface area (Å²) >= 11 is 1.29. The second kappa shape index (κ2) is 8.50. The number of carbonyl (C=O) groups is 2. The Balaban J connectivity index is 1.59. The highest BCUT2D eigenvalue weighted by atomic mass is 32.2. The van der Waals surface area contributed by atoms with Gasteiger partial charge in [0.2, 0.25) is 5.91 Å². The minimum absolute atomic E-state index is 0.181. The van der Waals surface area contributed by atoms with E-state index in [9.17, 15) is 9.59 Å². The minimum atomic E-state index is -0.233. The number of aryl methyl sites for hydroxylation is 2. The third-order valence-corrected chi connectivity index (χ3v) is 4.75. The smallest absolute Gasteiger partial charge is 0.255 e. The van der Waals surface area contributed by atoms with Gasteiger partial charge in [0.1, 0.15) is 6.33 Å². The zero-order chi connectivity index (χ0) is 19.2. The van der Waals surface area contributed by atoms with E-state index >= 15 is 0 Å². The molecule has 0 spiro atoms. The molecule has 7 nitrogen and oxygen atoms in total. The van der Waals surface area contributed by atoms with E-state index in [0.717, 1.165) is 11.3 Å². The van der Waals surface area contributed by atoms with Crippen molar-refractivity contribution < 1.29 is 9.59 Å². The first kappa shape index (κ1) is 18.7. The second-order valence-corrected chi connectivity index (χ2v) is 6.90. The highest BCUT2D eigenvalue weighted by molar-refractivity contribution is 7.99. The molecule has 8 heteroatoms. The summed E-state index contributed by atoms with van der Waals surface area (Å²) in [6.07, 6.45) is 1.58. The van der Waals surface area contributed by atoms with E-state index in [0.29, 0.717) is 16.4 Å². The van der Waals surface area contributed by atoms with Gasteiger partial charge in [0.25, 0.3) is 5.91 Å². The average molecular weight is 381 g/mol. The first-order valence-electron chi connectivity index (χ1n) is 8.26. The standard InChI is InChI=1S/C19H19N5O2S/c1-13-6-8-15(9-7-13)22-18(26)14-4-3-5-16(10-14)21-17(25)11-27-19-23-20-12-24(19)2/h3-10,12H,11H2,1-2H3,(H,21,25)(H,22,26). The maximum Gasteiger partial charge on any atom is 0.255 e. The van der Waals surface area contributed by atoms with Crippen LogP contribution >= 0.6 is 11.8 Å². The van der Waals surface area contributed by atoms with Crippen LogP contribution in [0.25, 0.3) is 0 Å². The molecule has 0 fully saturated rings. The van der Waals surface area contributed by atoms with E-state index in [4.69, 9.17) is 0 Å². The Morgan fingerprint density at radius 2 is 1.85 bits per heavy atom. The van der Waals surface area contributed by atoms with E-state index in [1.165, 1.54) is 11.8 Å². The van der Waals surface area contributed by atoms with Gasteiger partial charge in [-0.2, -0.15) is 0 Å². The number of carbonyl (C=O) groups excluding carboxylic acids is 2. The highest BCUT2D eigenvalue weighted by Crippen LogP contribution is 2.16. The molecule has 138 valence electrons. The van der Waals surface area contributed by atoms with Crippen LogP contribution in [0.1, 0.15) is 15.9 Å². The van der Waals surface area contributed by atoms with Crippen molar-refractivity contribution in [3.05, 3.63) is 66.0 Å². The lowest BCUT2D eigenvalue weighted by Gasteiger charge is -2.08. The van der Waals surface area contributed by atoms with Crippen LogP contribution in [0.2, 0.25) is 0 Å². The molecule has 1 heterocycles. The molecule has 0 radical (unpaired) electrons. The molecule has 0 aliphatic rings. The first-order valence-corrected chi connectivity index (χ1v) is 9.24. The van der Waals surface area contributed by atoms with Crippen LogP contribution in [-0.4, -0.2) is 32.3 Å². The van der Waals surface area contributed by atoms with Crippen LogP contribution in [0.15, 0.2) is 60.0 Å². The Kier molecular flexibility index (Phi) is 5.87. The van der Waals surface area contributed by atoms with E-state index in [1.807, 2.05) is 38.2 Å². The monoisotopic (exact) mass is 381 g/mol. The van der Waals surface area contributed by atoms with Gasteiger partial charge in [-0.15, -0.1) is 10.2 Å². The molecule has 3 aromatic rings. The van der Waals surface area contributed by atoms with Crippen molar-refractivity contribution in [1.29, 1.82) is 0 Å². The van der Waals surface area contributed by atoms with Gasteiger partial charge < -0.3 is 15.2 Å². The fourth-order valence-electron chi connectivity index (χ4n) is 2.31. The van der Waals surface area contributed by atoms with E-state index in [1.54, 1.807) is 35.2 Å². The van der Waals surface area contributed by atoms with Crippen molar-refractivity contribution in [3.8, 4) is 0 Å². The van der Waals surface area contributed by atoms with Gasteiger partial charge in [-0.05, 0) is 37.3 Å². The van der Waals surface area contributed by atoms with Crippen LogP contribution in [0.4, 0.5) is 11.4 Å². The Morgan fingerprint density at radius 1 is 1.07 bits per heavy atom. The first-order chi connectivity index (χ1) is 13.0. The molecule has 0 unspecified atom stereocenters. The largest absolute Gasteiger partial charge is 0.325 e. The number of anilines is 2. The number of rotatable bonds is 6. The van der Waals surface area contributed by atoms with Crippen molar-refractivity contribution in [2.45, 2.75) is 12.1 Å². The fourth-order valence-corrected chi connectivity index (χ4v) is 3.00. The zero-order valence-corrected chi connectivity index (χ0v) is 15.8. The minimum Gasteiger partial charge on any atom is -0.325 e. The van der Waals surface area contributed by atoms with Crippen molar-refractivity contribution in [1.82, 2.24) is 14.8 Å². The molecule has 0 bridgehead atoms.